The third-order valence-corrected chi connectivity index (χ3v) is 3.16. The number of nitrogens with one attached hydrogen (secondary N) is 1. The van der Waals surface area contributed by atoms with E-state index in [-0.39, 0.29) is 5.82 Å². The summed E-state index contributed by atoms with van der Waals surface area (Å²) in [6.45, 7) is 5.12. The fourth-order valence-electron chi connectivity index (χ4n) is 1.98. The lowest BCUT2D eigenvalue weighted by Gasteiger charge is -2.09. The van der Waals surface area contributed by atoms with Crippen molar-refractivity contribution < 1.29 is 9.13 Å². The van der Waals surface area contributed by atoms with Crippen LogP contribution in [0.15, 0.2) is 42.5 Å². The van der Waals surface area contributed by atoms with Crippen LogP contribution in [0.25, 0.3) is 0 Å². The molecule has 0 aliphatic carbocycles. The van der Waals surface area contributed by atoms with Gasteiger partial charge in [0.05, 0.1) is 6.61 Å². The van der Waals surface area contributed by atoms with Gasteiger partial charge in [0, 0.05) is 18.3 Å². The molecule has 3 heteroatoms. The van der Waals surface area contributed by atoms with Crippen LogP contribution >= 0.6 is 0 Å². The minimum absolute atomic E-state index is 0.297. The number of rotatable bonds is 6. The SMILES string of the molecule is CCOc1ccc(NCc2ccc(CC)cc2)cc1F. The molecule has 0 radical (unpaired) electrons. The maximum atomic E-state index is 13.7. The molecule has 0 spiro atoms. The van der Waals surface area contributed by atoms with Crippen molar-refractivity contribution in [2.75, 3.05) is 11.9 Å². The zero-order chi connectivity index (χ0) is 14.4. The normalized spacial score (nSPS) is 10.3. The maximum Gasteiger partial charge on any atom is 0.167 e. The van der Waals surface area contributed by atoms with Crippen LogP contribution in [-0.4, -0.2) is 6.61 Å². The monoisotopic (exact) mass is 273 g/mol. The fraction of sp³-hybridized carbons (Fsp3) is 0.294. The molecule has 0 saturated carbocycles. The summed E-state index contributed by atoms with van der Waals surface area (Å²) in [5.41, 5.74) is 3.25. The maximum absolute atomic E-state index is 13.7. The number of ether oxygens (including phenoxy) is 1. The van der Waals surface area contributed by atoms with Crippen molar-refractivity contribution in [3.63, 3.8) is 0 Å². The molecule has 0 aromatic heterocycles. The lowest BCUT2D eigenvalue weighted by Crippen LogP contribution is -2.01. The summed E-state index contributed by atoms with van der Waals surface area (Å²) in [5.74, 6) is -0.0384. The van der Waals surface area contributed by atoms with Crippen LogP contribution in [0.3, 0.4) is 0 Å². The summed E-state index contributed by atoms with van der Waals surface area (Å²) < 4.78 is 18.9. The number of hydrogen-bond acceptors (Lipinski definition) is 2. The van der Waals surface area contributed by atoms with Gasteiger partial charge in [-0.25, -0.2) is 4.39 Å². The molecule has 0 aliphatic rings. The Bertz CT molecular complexity index is 551. The van der Waals surface area contributed by atoms with Crippen molar-refractivity contribution in [3.8, 4) is 5.75 Å². The predicted molar refractivity (Wildman–Crippen MR) is 80.7 cm³/mol. The minimum atomic E-state index is -0.335. The van der Waals surface area contributed by atoms with Crippen LogP contribution in [0.1, 0.15) is 25.0 Å². The number of aryl methyl sites for hydroxylation is 1. The van der Waals surface area contributed by atoms with E-state index in [2.05, 4.69) is 36.5 Å². The Balaban J connectivity index is 1.97. The van der Waals surface area contributed by atoms with Crippen molar-refractivity contribution >= 4 is 5.69 Å². The van der Waals surface area contributed by atoms with Gasteiger partial charge < -0.3 is 10.1 Å². The van der Waals surface area contributed by atoms with Gasteiger partial charge in [-0.2, -0.15) is 0 Å². The first-order chi connectivity index (χ1) is 9.72. The van der Waals surface area contributed by atoms with E-state index in [4.69, 9.17) is 4.74 Å². The molecule has 0 bridgehead atoms. The van der Waals surface area contributed by atoms with E-state index in [1.807, 2.05) is 13.0 Å². The summed E-state index contributed by atoms with van der Waals surface area (Å²) in [4.78, 5) is 0. The smallest absolute Gasteiger partial charge is 0.167 e. The third kappa shape index (κ3) is 3.73. The second-order valence-corrected chi connectivity index (χ2v) is 4.60. The number of halogens is 1. The average molecular weight is 273 g/mol. The Hall–Kier alpha value is -2.03. The summed E-state index contributed by atoms with van der Waals surface area (Å²) in [6, 6.07) is 13.4. The lowest BCUT2D eigenvalue weighted by atomic mass is 10.1. The van der Waals surface area contributed by atoms with Crippen molar-refractivity contribution in [2.24, 2.45) is 0 Å². The van der Waals surface area contributed by atoms with Gasteiger partial charge >= 0.3 is 0 Å². The van der Waals surface area contributed by atoms with Crippen LogP contribution in [0, 0.1) is 5.82 Å². The highest BCUT2D eigenvalue weighted by Crippen LogP contribution is 2.21. The molecule has 106 valence electrons. The van der Waals surface area contributed by atoms with Gasteiger partial charge in [-0.1, -0.05) is 31.2 Å². The summed E-state index contributed by atoms with van der Waals surface area (Å²) in [7, 11) is 0. The first kappa shape index (κ1) is 14.4. The Morgan fingerprint density at radius 1 is 1.00 bits per heavy atom. The highest BCUT2D eigenvalue weighted by Gasteiger charge is 2.04. The zero-order valence-corrected chi connectivity index (χ0v) is 11.9. The molecule has 0 amide bonds. The van der Waals surface area contributed by atoms with Crippen LogP contribution in [0.4, 0.5) is 10.1 Å². The topological polar surface area (TPSA) is 21.3 Å². The number of anilines is 1. The molecule has 0 aliphatic heterocycles. The van der Waals surface area contributed by atoms with Crippen molar-refractivity contribution in [1.29, 1.82) is 0 Å². The minimum Gasteiger partial charge on any atom is -0.491 e. The average Bonchev–Trinajstić information content (AvgIpc) is 2.48. The van der Waals surface area contributed by atoms with Crippen molar-refractivity contribution in [1.82, 2.24) is 0 Å². The zero-order valence-electron chi connectivity index (χ0n) is 11.9. The van der Waals surface area contributed by atoms with Crippen LogP contribution in [0.5, 0.6) is 5.75 Å². The Kier molecular flexibility index (Phi) is 4.99. The van der Waals surface area contributed by atoms with E-state index < -0.39 is 0 Å². The van der Waals surface area contributed by atoms with Gasteiger partial charge in [-0.15, -0.1) is 0 Å². The molecule has 0 saturated heterocycles. The molecular formula is C17H20FNO. The number of benzene rings is 2. The Labute approximate surface area is 119 Å². The fourth-order valence-corrected chi connectivity index (χ4v) is 1.98. The molecule has 2 aromatic carbocycles. The standard InChI is InChI=1S/C17H20FNO/c1-3-13-5-7-14(8-6-13)12-19-15-9-10-17(20-4-2)16(18)11-15/h5-11,19H,3-4,12H2,1-2H3. The van der Waals surface area contributed by atoms with Crippen molar-refractivity contribution in [2.45, 2.75) is 26.8 Å². The summed E-state index contributed by atoms with van der Waals surface area (Å²) >= 11 is 0. The molecule has 20 heavy (non-hydrogen) atoms. The van der Waals surface area contributed by atoms with Gasteiger partial charge in [-0.3, -0.25) is 0 Å². The van der Waals surface area contributed by atoms with Crippen molar-refractivity contribution in [3.05, 3.63) is 59.4 Å². The molecule has 2 rings (SSSR count). The highest BCUT2D eigenvalue weighted by atomic mass is 19.1. The largest absolute Gasteiger partial charge is 0.491 e. The molecular weight excluding hydrogens is 253 g/mol. The summed E-state index contributed by atoms with van der Waals surface area (Å²) in [5, 5.41) is 3.21. The van der Waals surface area contributed by atoms with E-state index in [0.717, 1.165) is 12.1 Å². The quantitative estimate of drug-likeness (QED) is 0.842. The van der Waals surface area contributed by atoms with E-state index in [0.29, 0.717) is 18.9 Å². The lowest BCUT2D eigenvalue weighted by molar-refractivity contribution is 0.321. The van der Waals surface area contributed by atoms with Gasteiger partial charge in [-0.05, 0) is 36.6 Å². The molecule has 2 aromatic rings. The third-order valence-electron chi connectivity index (χ3n) is 3.16. The molecule has 0 unspecified atom stereocenters. The van der Waals surface area contributed by atoms with E-state index >= 15 is 0 Å². The highest BCUT2D eigenvalue weighted by molar-refractivity contribution is 5.47. The van der Waals surface area contributed by atoms with Crippen LogP contribution in [-0.2, 0) is 13.0 Å². The number of hydrogen-bond donors (Lipinski definition) is 1. The second-order valence-electron chi connectivity index (χ2n) is 4.60. The summed E-state index contributed by atoms with van der Waals surface area (Å²) in [6.07, 6.45) is 1.04. The van der Waals surface area contributed by atoms with Gasteiger partial charge in [0.15, 0.2) is 11.6 Å². The van der Waals surface area contributed by atoms with Gasteiger partial charge in [0.25, 0.3) is 0 Å². The van der Waals surface area contributed by atoms with E-state index in [9.17, 15) is 4.39 Å². The van der Waals surface area contributed by atoms with E-state index in [1.165, 1.54) is 17.2 Å². The van der Waals surface area contributed by atoms with Crippen LogP contribution < -0.4 is 10.1 Å². The molecule has 0 atom stereocenters. The first-order valence-electron chi connectivity index (χ1n) is 6.97. The molecule has 2 nitrogen and oxygen atoms in total. The molecule has 0 heterocycles. The van der Waals surface area contributed by atoms with Crippen LogP contribution in [0.2, 0.25) is 0 Å². The van der Waals surface area contributed by atoms with E-state index in [1.54, 1.807) is 6.07 Å². The van der Waals surface area contributed by atoms with Gasteiger partial charge in [0.2, 0.25) is 0 Å². The Morgan fingerprint density at radius 2 is 1.70 bits per heavy atom. The second kappa shape index (κ2) is 6.94. The van der Waals surface area contributed by atoms with Gasteiger partial charge in [0.1, 0.15) is 0 Å². The first-order valence-corrected chi connectivity index (χ1v) is 6.97. The predicted octanol–water partition coefficient (Wildman–Crippen LogP) is 4.40. The molecule has 0 fully saturated rings. The Morgan fingerprint density at radius 3 is 2.30 bits per heavy atom. The molecule has 1 N–H and O–H groups in total.